The monoisotopic (exact) mass is 353 g/mol. The number of rotatable bonds is 3. The quantitative estimate of drug-likeness (QED) is 0.752. The molecule has 2 aromatic heterocycles. The van der Waals surface area contributed by atoms with Crippen LogP contribution in [0, 0.1) is 0 Å². The van der Waals surface area contributed by atoms with Crippen molar-refractivity contribution in [3.05, 3.63) is 63.0 Å². The minimum atomic E-state index is -4.80. The molecular weight excluding hydrogens is 343 g/mol. The minimum absolute atomic E-state index is 0.287. The summed E-state index contributed by atoms with van der Waals surface area (Å²) in [6, 6.07) is 6.01. The van der Waals surface area contributed by atoms with Gasteiger partial charge >= 0.3 is 11.9 Å². The summed E-state index contributed by atoms with van der Waals surface area (Å²) >= 11 is 0. The molecule has 0 atom stereocenters. The number of aromatic nitrogens is 2. The highest BCUT2D eigenvalue weighted by Crippen LogP contribution is 2.26. The molecular formula is C15H10F3N3O4. The molecule has 0 bridgehead atoms. The first kappa shape index (κ1) is 16.6. The van der Waals surface area contributed by atoms with E-state index in [-0.39, 0.29) is 11.3 Å². The van der Waals surface area contributed by atoms with Crippen LogP contribution in [0.3, 0.4) is 0 Å². The van der Waals surface area contributed by atoms with Gasteiger partial charge in [0.25, 0.3) is 5.56 Å². The van der Waals surface area contributed by atoms with Crippen LogP contribution in [0.15, 0.2) is 50.5 Å². The molecule has 0 aliphatic rings. The van der Waals surface area contributed by atoms with E-state index in [2.05, 4.69) is 10.3 Å². The normalized spacial score (nSPS) is 11.6. The third-order valence-electron chi connectivity index (χ3n) is 3.34. The first-order valence-electron chi connectivity index (χ1n) is 6.93. The van der Waals surface area contributed by atoms with Crippen molar-refractivity contribution in [2.24, 2.45) is 0 Å². The molecule has 25 heavy (non-hydrogen) atoms. The maximum atomic E-state index is 12.7. The highest BCUT2D eigenvalue weighted by molar-refractivity contribution is 5.92. The zero-order valence-corrected chi connectivity index (χ0v) is 12.4. The fourth-order valence-electron chi connectivity index (χ4n) is 2.26. The van der Waals surface area contributed by atoms with E-state index in [1.807, 2.05) is 0 Å². The van der Waals surface area contributed by atoms with E-state index in [0.717, 1.165) is 12.3 Å². The molecule has 0 aliphatic heterocycles. The molecule has 10 heteroatoms. The van der Waals surface area contributed by atoms with Gasteiger partial charge in [0.2, 0.25) is 5.91 Å². The van der Waals surface area contributed by atoms with Crippen LogP contribution in [0.5, 0.6) is 0 Å². The van der Waals surface area contributed by atoms with Crippen molar-refractivity contribution in [3.8, 4) is 0 Å². The number of aromatic amines is 1. The Balaban J connectivity index is 1.80. The van der Waals surface area contributed by atoms with Crippen LogP contribution < -0.4 is 16.6 Å². The predicted octanol–water partition coefficient (Wildman–Crippen LogP) is 1.94. The molecule has 2 N–H and O–H groups in total. The van der Waals surface area contributed by atoms with Crippen LogP contribution in [-0.4, -0.2) is 15.5 Å². The second-order valence-corrected chi connectivity index (χ2v) is 5.13. The van der Waals surface area contributed by atoms with Crippen molar-refractivity contribution >= 4 is 22.7 Å². The Kier molecular flexibility index (Phi) is 3.95. The van der Waals surface area contributed by atoms with Gasteiger partial charge in [0.05, 0.1) is 5.52 Å². The zero-order valence-electron chi connectivity index (χ0n) is 12.4. The number of H-pyrrole nitrogens is 1. The van der Waals surface area contributed by atoms with Gasteiger partial charge in [0.15, 0.2) is 5.58 Å². The van der Waals surface area contributed by atoms with Crippen molar-refractivity contribution in [1.82, 2.24) is 9.55 Å². The number of fused-ring (bicyclic) bond motifs is 1. The molecule has 0 radical (unpaired) electrons. The van der Waals surface area contributed by atoms with Crippen molar-refractivity contribution in [2.45, 2.75) is 12.7 Å². The highest BCUT2D eigenvalue weighted by atomic mass is 19.4. The number of halogens is 3. The SMILES string of the molecule is O=C(Cn1cccc(C(F)(F)F)c1=O)Nc1ccc2oc(=O)[nH]c2c1. The number of nitrogens with one attached hydrogen (secondary N) is 2. The summed E-state index contributed by atoms with van der Waals surface area (Å²) in [5.74, 6) is -1.36. The molecule has 130 valence electrons. The number of pyridine rings is 1. The number of carbonyl (C=O) groups is 1. The van der Waals surface area contributed by atoms with Gasteiger partial charge in [-0.05, 0) is 30.3 Å². The lowest BCUT2D eigenvalue weighted by molar-refractivity contribution is -0.139. The summed E-state index contributed by atoms with van der Waals surface area (Å²) in [7, 11) is 0. The number of nitrogens with zero attached hydrogens (tertiary/aromatic N) is 1. The van der Waals surface area contributed by atoms with Gasteiger partial charge in [-0.25, -0.2) is 4.79 Å². The smallest absolute Gasteiger partial charge is 0.408 e. The van der Waals surface area contributed by atoms with E-state index in [0.29, 0.717) is 16.2 Å². The third kappa shape index (κ3) is 3.47. The molecule has 0 saturated heterocycles. The summed E-state index contributed by atoms with van der Waals surface area (Å²) in [5, 5.41) is 2.43. The van der Waals surface area contributed by atoms with E-state index in [4.69, 9.17) is 4.42 Å². The van der Waals surface area contributed by atoms with Crippen molar-refractivity contribution in [1.29, 1.82) is 0 Å². The molecule has 2 heterocycles. The highest BCUT2D eigenvalue weighted by Gasteiger charge is 2.34. The summed E-state index contributed by atoms with van der Waals surface area (Å²) in [4.78, 5) is 37.3. The van der Waals surface area contributed by atoms with Crippen molar-refractivity contribution < 1.29 is 22.4 Å². The number of amides is 1. The molecule has 3 aromatic rings. The van der Waals surface area contributed by atoms with Crippen LogP contribution in [0.2, 0.25) is 0 Å². The maximum absolute atomic E-state index is 12.7. The second kappa shape index (κ2) is 5.96. The minimum Gasteiger partial charge on any atom is -0.408 e. The Bertz CT molecular complexity index is 1060. The molecule has 3 rings (SSSR count). The van der Waals surface area contributed by atoms with Crippen molar-refractivity contribution in [3.63, 3.8) is 0 Å². The molecule has 0 fully saturated rings. The first-order valence-corrected chi connectivity index (χ1v) is 6.93. The van der Waals surface area contributed by atoms with E-state index < -0.39 is 35.5 Å². The molecule has 1 amide bonds. The number of oxazole rings is 1. The van der Waals surface area contributed by atoms with E-state index in [1.165, 1.54) is 18.2 Å². The lowest BCUT2D eigenvalue weighted by Gasteiger charge is -2.10. The molecule has 7 nitrogen and oxygen atoms in total. The van der Waals surface area contributed by atoms with Gasteiger partial charge in [-0.1, -0.05) is 0 Å². The Hall–Kier alpha value is -3.30. The average molecular weight is 353 g/mol. The number of carbonyl (C=O) groups excluding carboxylic acids is 1. The third-order valence-corrected chi connectivity index (χ3v) is 3.34. The number of hydrogen-bond acceptors (Lipinski definition) is 4. The first-order chi connectivity index (χ1) is 11.7. The van der Waals surface area contributed by atoms with Gasteiger partial charge in [-0.3, -0.25) is 14.6 Å². The van der Waals surface area contributed by atoms with Crippen LogP contribution >= 0.6 is 0 Å². The topological polar surface area (TPSA) is 97.1 Å². The fraction of sp³-hybridized carbons (Fsp3) is 0.133. The number of hydrogen-bond donors (Lipinski definition) is 2. The molecule has 0 aliphatic carbocycles. The van der Waals surface area contributed by atoms with Crippen LogP contribution in [-0.2, 0) is 17.5 Å². The van der Waals surface area contributed by atoms with Crippen molar-refractivity contribution in [2.75, 3.05) is 5.32 Å². The number of anilines is 1. The van der Waals surface area contributed by atoms with Gasteiger partial charge < -0.3 is 14.3 Å². The lowest BCUT2D eigenvalue weighted by atomic mass is 10.2. The zero-order chi connectivity index (χ0) is 18.2. The standard InChI is InChI=1S/C15H10F3N3O4/c16-15(17,18)9-2-1-5-21(13(9)23)7-12(22)19-8-3-4-11-10(6-8)20-14(24)25-11/h1-6H,7H2,(H,19,22)(H,20,24). The Morgan fingerprint density at radius 2 is 2.00 bits per heavy atom. The Morgan fingerprint density at radius 1 is 1.24 bits per heavy atom. The molecule has 0 spiro atoms. The second-order valence-electron chi connectivity index (χ2n) is 5.13. The summed E-state index contributed by atoms with van der Waals surface area (Å²) < 4.78 is 43.6. The average Bonchev–Trinajstić information content (AvgIpc) is 2.87. The van der Waals surface area contributed by atoms with E-state index in [1.54, 1.807) is 0 Å². The molecule has 1 aromatic carbocycles. The van der Waals surface area contributed by atoms with E-state index >= 15 is 0 Å². The van der Waals surface area contributed by atoms with Crippen LogP contribution in [0.1, 0.15) is 5.56 Å². The maximum Gasteiger partial charge on any atom is 0.421 e. The lowest BCUT2D eigenvalue weighted by Crippen LogP contribution is -2.31. The van der Waals surface area contributed by atoms with Gasteiger partial charge in [-0.2, -0.15) is 13.2 Å². The largest absolute Gasteiger partial charge is 0.421 e. The van der Waals surface area contributed by atoms with E-state index in [9.17, 15) is 27.6 Å². The number of benzene rings is 1. The fourth-order valence-corrected chi connectivity index (χ4v) is 2.26. The van der Waals surface area contributed by atoms with Crippen LogP contribution in [0.4, 0.5) is 18.9 Å². The Morgan fingerprint density at radius 3 is 2.72 bits per heavy atom. The van der Waals surface area contributed by atoms with Gasteiger partial charge in [0, 0.05) is 11.9 Å². The van der Waals surface area contributed by atoms with Gasteiger partial charge in [-0.15, -0.1) is 0 Å². The van der Waals surface area contributed by atoms with Gasteiger partial charge in [0.1, 0.15) is 12.1 Å². The molecule has 0 saturated carbocycles. The Labute approximate surface area is 136 Å². The molecule has 0 unspecified atom stereocenters. The predicted molar refractivity (Wildman–Crippen MR) is 81.2 cm³/mol. The number of alkyl halides is 3. The summed E-state index contributed by atoms with van der Waals surface area (Å²) in [6.45, 7) is -0.595. The van der Waals surface area contributed by atoms with Crippen LogP contribution in [0.25, 0.3) is 11.1 Å². The summed E-state index contributed by atoms with van der Waals surface area (Å²) in [5.41, 5.74) is -1.73. The summed E-state index contributed by atoms with van der Waals surface area (Å²) in [6.07, 6.45) is -3.71.